The van der Waals surface area contributed by atoms with Gasteiger partial charge in [-0.15, -0.1) is 0 Å². The van der Waals surface area contributed by atoms with Crippen LogP contribution in [0.1, 0.15) is 18.1 Å². The minimum absolute atomic E-state index is 0.109. The molecule has 0 radical (unpaired) electrons. The van der Waals surface area contributed by atoms with Crippen LogP contribution in [0.5, 0.6) is 11.5 Å². The number of nitrogens with one attached hydrogen (secondary N) is 1. The summed E-state index contributed by atoms with van der Waals surface area (Å²) in [4.78, 5) is 27.5. The highest BCUT2D eigenvalue weighted by atomic mass is 35.5. The second kappa shape index (κ2) is 12.8. The Bertz CT molecular complexity index is 1330. The third-order valence-corrected chi connectivity index (χ3v) is 6.99. The van der Waals surface area contributed by atoms with Gasteiger partial charge < -0.3 is 14.8 Å². The van der Waals surface area contributed by atoms with Gasteiger partial charge in [0.05, 0.1) is 11.5 Å². The van der Waals surface area contributed by atoms with Gasteiger partial charge in [0, 0.05) is 17.3 Å². The first kappa shape index (κ1) is 26.7. The number of nitrogens with zero attached hydrogens (tertiary/aromatic N) is 1. The summed E-state index contributed by atoms with van der Waals surface area (Å²) < 4.78 is 12.0. The number of thioether (sulfide) groups is 1. The number of anilines is 1. The Kier molecular flexibility index (Phi) is 9.22. The number of hydrogen-bond acceptors (Lipinski definition) is 6. The number of rotatable bonds is 10. The van der Waals surface area contributed by atoms with Crippen LogP contribution in [0, 0.1) is 0 Å². The summed E-state index contributed by atoms with van der Waals surface area (Å²) in [5, 5.41) is 3.27. The Morgan fingerprint density at radius 1 is 1.05 bits per heavy atom. The molecule has 0 aliphatic carbocycles. The molecule has 0 unspecified atom stereocenters. The zero-order valence-electron chi connectivity index (χ0n) is 20.1. The molecule has 3 aromatic carbocycles. The van der Waals surface area contributed by atoms with E-state index in [1.54, 1.807) is 47.4 Å². The van der Waals surface area contributed by atoms with Gasteiger partial charge in [-0.2, -0.15) is 0 Å². The molecule has 2 amide bonds. The summed E-state index contributed by atoms with van der Waals surface area (Å²) >= 11 is 12.7. The molecular weight excluding hydrogens is 528 g/mol. The first-order chi connectivity index (χ1) is 17.9. The molecule has 1 N–H and O–H groups in total. The van der Waals surface area contributed by atoms with Gasteiger partial charge in [-0.1, -0.05) is 78.0 Å². The lowest BCUT2D eigenvalue weighted by molar-refractivity contribution is -0.122. The molecule has 9 heteroatoms. The summed E-state index contributed by atoms with van der Waals surface area (Å²) in [6, 6.07) is 22.2. The van der Waals surface area contributed by atoms with Crippen molar-refractivity contribution in [1.29, 1.82) is 0 Å². The molecule has 0 spiro atoms. The van der Waals surface area contributed by atoms with Crippen LogP contribution in [-0.4, -0.2) is 40.8 Å². The highest BCUT2D eigenvalue weighted by Gasteiger charge is 2.31. The van der Waals surface area contributed by atoms with Crippen LogP contribution in [0.25, 0.3) is 6.08 Å². The van der Waals surface area contributed by atoms with Crippen LogP contribution >= 0.6 is 35.6 Å². The van der Waals surface area contributed by atoms with Gasteiger partial charge in [-0.3, -0.25) is 14.5 Å². The van der Waals surface area contributed by atoms with Crippen molar-refractivity contribution in [3.05, 3.63) is 93.9 Å². The summed E-state index contributed by atoms with van der Waals surface area (Å²) in [5.74, 6) is 0.469. The highest BCUT2D eigenvalue weighted by Crippen LogP contribution is 2.35. The number of carbonyl (C=O) groups excluding carboxylic acids is 2. The van der Waals surface area contributed by atoms with Crippen LogP contribution in [0.4, 0.5) is 5.69 Å². The number of hydrogen-bond donors (Lipinski definition) is 1. The maximum atomic E-state index is 13.0. The summed E-state index contributed by atoms with van der Waals surface area (Å²) in [6.07, 6.45) is 2.52. The van der Waals surface area contributed by atoms with Crippen LogP contribution in [-0.2, 0) is 16.0 Å². The van der Waals surface area contributed by atoms with E-state index in [1.165, 1.54) is 11.8 Å². The van der Waals surface area contributed by atoms with E-state index in [0.717, 1.165) is 17.5 Å². The van der Waals surface area contributed by atoms with Gasteiger partial charge >= 0.3 is 0 Å². The molecule has 1 aliphatic rings. The minimum atomic E-state index is -0.326. The fourth-order valence-electron chi connectivity index (χ4n) is 3.64. The van der Waals surface area contributed by atoms with E-state index < -0.39 is 0 Å². The Balaban J connectivity index is 1.41. The normalized spacial score (nSPS) is 14.2. The molecular formula is C28H25ClN2O4S2. The van der Waals surface area contributed by atoms with E-state index >= 15 is 0 Å². The molecule has 3 aromatic rings. The van der Waals surface area contributed by atoms with Crippen molar-refractivity contribution >= 4 is 63.5 Å². The van der Waals surface area contributed by atoms with E-state index in [2.05, 4.69) is 5.32 Å². The molecule has 0 bridgehead atoms. The predicted molar refractivity (Wildman–Crippen MR) is 153 cm³/mol. The van der Waals surface area contributed by atoms with Crippen molar-refractivity contribution in [2.45, 2.75) is 13.3 Å². The maximum Gasteiger partial charge on any atom is 0.266 e. The van der Waals surface area contributed by atoms with Gasteiger partial charge in [0.25, 0.3) is 11.8 Å². The molecule has 4 rings (SSSR count). The molecule has 1 heterocycles. The quantitative estimate of drug-likeness (QED) is 0.238. The molecule has 1 aliphatic heterocycles. The smallest absolute Gasteiger partial charge is 0.266 e. The van der Waals surface area contributed by atoms with E-state index in [1.807, 2.05) is 43.3 Å². The van der Waals surface area contributed by atoms with Gasteiger partial charge in [-0.05, 0) is 60.9 Å². The van der Waals surface area contributed by atoms with Crippen molar-refractivity contribution in [1.82, 2.24) is 4.90 Å². The lowest BCUT2D eigenvalue weighted by atomic mass is 10.1. The number of amides is 2. The Morgan fingerprint density at radius 2 is 1.86 bits per heavy atom. The summed E-state index contributed by atoms with van der Waals surface area (Å²) in [7, 11) is 0. The van der Waals surface area contributed by atoms with Crippen molar-refractivity contribution in [3.8, 4) is 11.5 Å². The third kappa shape index (κ3) is 7.35. The topological polar surface area (TPSA) is 67.9 Å². The lowest BCUT2D eigenvalue weighted by Crippen LogP contribution is -2.30. The monoisotopic (exact) mass is 552 g/mol. The van der Waals surface area contributed by atoms with Crippen LogP contribution in [0.15, 0.2) is 77.7 Å². The molecule has 0 saturated carbocycles. The van der Waals surface area contributed by atoms with Crippen LogP contribution < -0.4 is 14.8 Å². The number of halogens is 1. The number of benzene rings is 3. The van der Waals surface area contributed by atoms with Crippen molar-refractivity contribution < 1.29 is 19.1 Å². The lowest BCUT2D eigenvalue weighted by Gasteiger charge is -2.14. The average Bonchev–Trinajstić information content (AvgIpc) is 3.15. The Morgan fingerprint density at radius 3 is 2.62 bits per heavy atom. The van der Waals surface area contributed by atoms with E-state index in [-0.39, 0.29) is 18.4 Å². The zero-order chi connectivity index (χ0) is 26.2. The average molecular weight is 553 g/mol. The molecule has 37 heavy (non-hydrogen) atoms. The van der Waals surface area contributed by atoms with Crippen molar-refractivity contribution in [2.75, 3.05) is 25.1 Å². The van der Waals surface area contributed by atoms with Gasteiger partial charge in [0.15, 0.2) is 18.1 Å². The third-order valence-electron chi connectivity index (χ3n) is 5.37. The van der Waals surface area contributed by atoms with Crippen LogP contribution in [0.2, 0.25) is 5.02 Å². The van der Waals surface area contributed by atoms with Gasteiger partial charge in [-0.25, -0.2) is 0 Å². The Hall–Kier alpha value is -3.33. The highest BCUT2D eigenvalue weighted by molar-refractivity contribution is 8.26. The molecule has 190 valence electrons. The fourth-order valence-corrected chi connectivity index (χ4v) is 5.14. The van der Waals surface area contributed by atoms with E-state index in [4.69, 9.17) is 33.3 Å². The molecule has 0 aromatic heterocycles. The SMILES string of the molecule is CCOc1cc(/C=C2\SC(=S)N(CCc3ccccc3)C2=O)ccc1OCC(=O)Nc1cccc(Cl)c1. The van der Waals surface area contributed by atoms with E-state index in [0.29, 0.717) is 44.6 Å². The van der Waals surface area contributed by atoms with Crippen molar-refractivity contribution in [2.24, 2.45) is 0 Å². The second-order valence-electron chi connectivity index (χ2n) is 8.06. The van der Waals surface area contributed by atoms with Gasteiger partial charge in [0.1, 0.15) is 4.32 Å². The maximum absolute atomic E-state index is 13.0. The number of thiocarbonyl (C=S) groups is 1. The molecule has 1 fully saturated rings. The van der Waals surface area contributed by atoms with Crippen molar-refractivity contribution in [3.63, 3.8) is 0 Å². The van der Waals surface area contributed by atoms with E-state index in [9.17, 15) is 9.59 Å². The first-order valence-corrected chi connectivity index (χ1v) is 13.3. The minimum Gasteiger partial charge on any atom is -0.490 e. The molecule has 1 saturated heterocycles. The fraction of sp³-hybridized carbons (Fsp3) is 0.179. The first-order valence-electron chi connectivity index (χ1n) is 11.7. The predicted octanol–water partition coefficient (Wildman–Crippen LogP) is 6.20. The number of ether oxygens (including phenoxy) is 2. The number of carbonyl (C=O) groups is 2. The molecule has 6 nitrogen and oxygen atoms in total. The zero-order valence-corrected chi connectivity index (χ0v) is 22.5. The summed E-state index contributed by atoms with van der Waals surface area (Å²) in [6.45, 7) is 2.60. The largest absolute Gasteiger partial charge is 0.490 e. The summed E-state index contributed by atoms with van der Waals surface area (Å²) in [5.41, 5.74) is 2.50. The molecule has 0 atom stereocenters. The standard InChI is InChI=1S/C28H25ClN2O4S2/c1-2-34-24-15-20(11-12-23(24)35-18-26(32)30-22-10-6-9-21(29)17-22)16-25-27(33)31(28(36)37-25)14-13-19-7-4-3-5-8-19/h3-12,15-17H,2,13-14,18H2,1H3,(H,30,32)/b25-16-. The Labute approximate surface area is 230 Å². The second-order valence-corrected chi connectivity index (χ2v) is 10.2. The van der Waals surface area contributed by atoms with Gasteiger partial charge in [0.2, 0.25) is 0 Å². The van der Waals surface area contributed by atoms with Crippen LogP contribution in [0.3, 0.4) is 0 Å².